The lowest BCUT2D eigenvalue weighted by Crippen LogP contribution is -2.40. The highest BCUT2D eigenvalue weighted by Gasteiger charge is 2.25. The molecule has 0 aromatic heterocycles. The molecule has 0 spiro atoms. The molecular formula is C20H21NO4. The molecule has 130 valence electrons. The number of aryl methyl sites for hydroxylation is 1. The van der Waals surface area contributed by atoms with Gasteiger partial charge in [-0.25, -0.2) is 0 Å². The van der Waals surface area contributed by atoms with Crippen molar-refractivity contribution in [2.45, 2.75) is 20.8 Å². The molecule has 0 fully saturated rings. The number of hydrogen-bond donors (Lipinski definition) is 0. The third kappa shape index (κ3) is 3.50. The van der Waals surface area contributed by atoms with Crippen LogP contribution < -0.4 is 14.4 Å². The Bertz CT molecular complexity index is 828. The summed E-state index contributed by atoms with van der Waals surface area (Å²) in [5.74, 6) is 1.11. The van der Waals surface area contributed by atoms with Crippen LogP contribution in [0.5, 0.6) is 11.5 Å². The van der Waals surface area contributed by atoms with Crippen LogP contribution in [0.2, 0.25) is 0 Å². The Hall–Kier alpha value is -2.82. The summed E-state index contributed by atoms with van der Waals surface area (Å²) in [6, 6.07) is 10.9. The van der Waals surface area contributed by atoms with E-state index < -0.39 is 0 Å². The van der Waals surface area contributed by atoms with E-state index in [-0.39, 0.29) is 18.3 Å². The van der Waals surface area contributed by atoms with Crippen LogP contribution in [0.4, 0.5) is 5.69 Å². The molecule has 1 aliphatic rings. The Morgan fingerprint density at radius 2 is 2.00 bits per heavy atom. The van der Waals surface area contributed by atoms with Crippen molar-refractivity contribution in [3.8, 4) is 11.5 Å². The smallest absolute Gasteiger partial charge is 0.265 e. The molecule has 25 heavy (non-hydrogen) atoms. The fraction of sp³-hybridized carbons (Fsp3) is 0.300. The number of fused-ring (bicyclic) bond motifs is 1. The summed E-state index contributed by atoms with van der Waals surface area (Å²) in [7, 11) is 0. The largest absolute Gasteiger partial charge is 0.490 e. The van der Waals surface area contributed by atoms with Gasteiger partial charge in [-0.2, -0.15) is 0 Å². The van der Waals surface area contributed by atoms with Crippen LogP contribution in [0.25, 0.3) is 0 Å². The van der Waals surface area contributed by atoms with Gasteiger partial charge in [-0.05, 0) is 56.2 Å². The summed E-state index contributed by atoms with van der Waals surface area (Å²) in [6.45, 7) is 6.27. The van der Waals surface area contributed by atoms with Crippen molar-refractivity contribution >= 4 is 17.4 Å². The number of carbonyl (C=O) groups excluding carboxylic acids is 2. The van der Waals surface area contributed by atoms with Gasteiger partial charge in [0, 0.05) is 5.56 Å². The van der Waals surface area contributed by atoms with Gasteiger partial charge in [-0.3, -0.25) is 9.59 Å². The number of Topliss-reactive ketones (excluding diaryl/α,β-unsaturated/α-hetero) is 1. The zero-order chi connectivity index (χ0) is 18.0. The number of ether oxygens (including phenoxy) is 2. The number of benzene rings is 2. The molecule has 0 unspecified atom stereocenters. The van der Waals surface area contributed by atoms with Crippen molar-refractivity contribution in [1.29, 1.82) is 0 Å². The van der Waals surface area contributed by atoms with Gasteiger partial charge in [0.1, 0.15) is 18.1 Å². The summed E-state index contributed by atoms with van der Waals surface area (Å²) in [5, 5.41) is 0. The van der Waals surface area contributed by atoms with Crippen molar-refractivity contribution in [1.82, 2.24) is 0 Å². The van der Waals surface area contributed by atoms with Gasteiger partial charge in [0.15, 0.2) is 12.4 Å². The summed E-state index contributed by atoms with van der Waals surface area (Å²) >= 11 is 0. The first kappa shape index (κ1) is 17.0. The highest BCUT2D eigenvalue weighted by molar-refractivity contribution is 6.00. The Morgan fingerprint density at radius 3 is 2.76 bits per heavy atom. The highest BCUT2D eigenvalue weighted by atomic mass is 16.5. The first-order chi connectivity index (χ1) is 12.0. The van der Waals surface area contributed by atoms with Crippen LogP contribution >= 0.6 is 0 Å². The second-order valence-electron chi connectivity index (χ2n) is 6.12. The minimum Gasteiger partial charge on any atom is -0.490 e. The molecule has 5 nitrogen and oxygen atoms in total. The van der Waals surface area contributed by atoms with Gasteiger partial charge < -0.3 is 14.4 Å². The van der Waals surface area contributed by atoms with E-state index in [2.05, 4.69) is 0 Å². The molecule has 0 aliphatic carbocycles. The molecule has 1 amide bonds. The maximum Gasteiger partial charge on any atom is 0.265 e. The van der Waals surface area contributed by atoms with Gasteiger partial charge in [0.25, 0.3) is 5.91 Å². The maximum atomic E-state index is 12.7. The zero-order valence-corrected chi connectivity index (χ0v) is 14.7. The Morgan fingerprint density at radius 1 is 1.20 bits per heavy atom. The van der Waals surface area contributed by atoms with E-state index in [1.807, 2.05) is 32.0 Å². The summed E-state index contributed by atoms with van der Waals surface area (Å²) in [4.78, 5) is 25.9. The fourth-order valence-electron chi connectivity index (χ4n) is 2.79. The zero-order valence-electron chi connectivity index (χ0n) is 14.7. The predicted molar refractivity (Wildman–Crippen MR) is 95.7 cm³/mol. The van der Waals surface area contributed by atoms with Crippen molar-refractivity contribution in [3.05, 3.63) is 53.1 Å². The van der Waals surface area contributed by atoms with Crippen LogP contribution in [0.15, 0.2) is 36.4 Å². The molecular weight excluding hydrogens is 318 g/mol. The molecule has 2 aromatic carbocycles. The summed E-state index contributed by atoms with van der Waals surface area (Å²) in [6.07, 6.45) is 0. The molecule has 0 bridgehead atoms. The average molecular weight is 339 g/mol. The fourth-order valence-corrected chi connectivity index (χ4v) is 2.79. The third-order valence-corrected chi connectivity index (χ3v) is 4.44. The normalized spacial score (nSPS) is 13.0. The van der Waals surface area contributed by atoms with Gasteiger partial charge in [0.05, 0.1) is 12.2 Å². The van der Waals surface area contributed by atoms with E-state index in [1.54, 1.807) is 23.1 Å². The van der Waals surface area contributed by atoms with Crippen molar-refractivity contribution in [2.75, 3.05) is 24.7 Å². The van der Waals surface area contributed by atoms with Crippen LogP contribution in [0.1, 0.15) is 28.4 Å². The van der Waals surface area contributed by atoms with Crippen molar-refractivity contribution < 1.29 is 19.1 Å². The van der Waals surface area contributed by atoms with Gasteiger partial charge in [-0.1, -0.05) is 12.1 Å². The van der Waals surface area contributed by atoms with Crippen LogP contribution in [-0.2, 0) is 4.79 Å². The first-order valence-electron chi connectivity index (χ1n) is 8.24. The van der Waals surface area contributed by atoms with E-state index in [9.17, 15) is 9.59 Å². The molecule has 5 heteroatoms. The van der Waals surface area contributed by atoms with Gasteiger partial charge in [0.2, 0.25) is 0 Å². The number of rotatable bonds is 4. The molecule has 0 N–H and O–H groups in total. The van der Waals surface area contributed by atoms with Crippen LogP contribution in [0.3, 0.4) is 0 Å². The van der Waals surface area contributed by atoms with Crippen LogP contribution in [0, 0.1) is 13.8 Å². The number of hydrogen-bond acceptors (Lipinski definition) is 4. The van der Waals surface area contributed by atoms with Crippen LogP contribution in [-0.4, -0.2) is 31.4 Å². The Kier molecular flexibility index (Phi) is 4.74. The molecule has 1 aliphatic heterocycles. The lowest BCUT2D eigenvalue weighted by Gasteiger charge is -2.30. The Balaban J connectivity index is 1.78. The number of carbonyl (C=O) groups is 2. The lowest BCUT2D eigenvalue weighted by atomic mass is 10.1. The third-order valence-electron chi connectivity index (χ3n) is 4.44. The number of anilines is 1. The minimum atomic E-state index is -0.161. The van der Waals surface area contributed by atoms with E-state index in [0.29, 0.717) is 35.9 Å². The van der Waals surface area contributed by atoms with E-state index >= 15 is 0 Å². The molecule has 0 radical (unpaired) electrons. The maximum absolute atomic E-state index is 12.7. The molecule has 2 aromatic rings. The number of ketones is 1. The molecule has 3 rings (SSSR count). The van der Waals surface area contributed by atoms with Gasteiger partial charge >= 0.3 is 0 Å². The highest BCUT2D eigenvalue weighted by Crippen LogP contribution is 2.33. The van der Waals surface area contributed by atoms with Gasteiger partial charge in [-0.15, -0.1) is 0 Å². The topological polar surface area (TPSA) is 55.8 Å². The Labute approximate surface area is 147 Å². The monoisotopic (exact) mass is 339 g/mol. The van der Waals surface area contributed by atoms with E-state index in [1.165, 1.54) is 6.92 Å². The molecule has 0 saturated carbocycles. The molecule has 0 atom stereocenters. The average Bonchev–Trinajstić information content (AvgIpc) is 2.61. The van der Waals surface area contributed by atoms with E-state index in [4.69, 9.17) is 9.47 Å². The quantitative estimate of drug-likeness (QED) is 0.802. The number of nitrogens with zero attached hydrogens (tertiary/aromatic N) is 1. The summed E-state index contributed by atoms with van der Waals surface area (Å²) < 4.78 is 11.3. The standard InChI is InChI=1S/C20H21NO4/c1-13-5-4-6-18(14(13)2)25-12-20(23)21-9-10-24-19-8-7-16(15(3)22)11-17(19)21/h4-8,11H,9-10,12H2,1-3H3. The van der Waals surface area contributed by atoms with Crippen molar-refractivity contribution in [3.63, 3.8) is 0 Å². The first-order valence-corrected chi connectivity index (χ1v) is 8.24. The number of amides is 1. The lowest BCUT2D eigenvalue weighted by molar-refractivity contribution is -0.120. The SMILES string of the molecule is CC(=O)c1ccc2c(c1)N(C(=O)COc1cccc(C)c1C)CCO2. The second kappa shape index (κ2) is 6.97. The second-order valence-corrected chi connectivity index (χ2v) is 6.12. The molecule has 1 heterocycles. The minimum absolute atomic E-state index is 0.0487. The van der Waals surface area contributed by atoms with E-state index in [0.717, 1.165) is 11.1 Å². The summed E-state index contributed by atoms with van der Waals surface area (Å²) in [5.41, 5.74) is 3.32. The predicted octanol–water partition coefficient (Wildman–Crippen LogP) is 3.31. The van der Waals surface area contributed by atoms with Crippen molar-refractivity contribution in [2.24, 2.45) is 0 Å². The molecule has 0 saturated heterocycles.